The molecule has 0 amide bonds. The largest absolute Gasteiger partial charge is 0.376 e. The molecule has 3 rings (SSSR count). The van der Waals surface area contributed by atoms with Crippen LogP contribution >= 0.6 is 11.3 Å². The van der Waals surface area contributed by atoms with E-state index in [9.17, 15) is 0 Å². The maximum Gasteiger partial charge on any atom is 0.192 e. The molecule has 128 valence electrons. The van der Waals surface area contributed by atoms with E-state index >= 15 is 0 Å². The standard InChI is InChI=1S/C18H24N4OS/c1-14-13-24-17(22-14)12-21-18(20-11-16-8-5-9-23-16)19-10-15-6-3-2-4-7-15/h2-4,6-7,13,16H,5,8-12H2,1H3,(H2,19,20,21)/t16-/m1/s1. The Morgan fingerprint density at radius 3 is 2.92 bits per heavy atom. The summed E-state index contributed by atoms with van der Waals surface area (Å²) in [6, 6.07) is 10.3. The van der Waals surface area contributed by atoms with Gasteiger partial charge in [0.25, 0.3) is 0 Å². The molecule has 1 aliphatic rings. The minimum atomic E-state index is 0.288. The molecule has 24 heavy (non-hydrogen) atoms. The summed E-state index contributed by atoms with van der Waals surface area (Å²) in [5, 5.41) is 9.91. The van der Waals surface area contributed by atoms with Gasteiger partial charge >= 0.3 is 0 Å². The summed E-state index contributed by atoms with van der Waals surface area (Å²) in [5.74, 6) is 0.808. The van der Waals surface area contributed by atoms with Crippen LogP contribution in [0.25, 0.3) is 0 Å². The van der Waals surface area contributed by atoms with Crippen LogP contribution in [0.1, 0.15) is 29.1 Å². The first-order chi connectivity index (χ1) is 11.8. The third-order valence-electron chi connectivity index (χ3n) is 3.86. The second kappa shape index (κ2) is 8.80. The molecule has 2 N–H and O–H groups in total. The van der Waals surface area contributed by atoms with E-state index in [1.54, 1.807) is 11.3 Å². The molecule has 0 spiro atoms. The number of benzene rings is 1. The quantitative estimate of drug-likeness (QED) is 0.625. The smallest absolute Gasteiger partial charge is 0.192 e. The van der Waals surface area contributed by atoms with Gasteiger partial charge in [0.15, 0.2) is 5.96 Å². The number of aromatic nitrogens is 1. The van der Waals surface area contributed by atoms with Gasteiger partial charge < -0.3 is 15.4 Å². The number of hydrogen-bond donors (Lipinski definition) is 2. The van der Waals surface area contributed by atoms with Gasteiger partial charge in [-0.15, -0.1) is 11.3 Å². The maximum absolute atomic E-state index is 5.68. The summed E-state index contributed by atoms with van der Waals surface area (Å²) in [4.78, 5) is 9.18. The molecule has 1 aromatic carbocycles. The van der Waals surface area contributed by atoms with Crippen LogP contribution in [0, 0.1) is 6.92 Å². The molecule has 6 heteroatoms. The molecule has 2 heterocycles. The van der Waals surface area contributed by atoms with Crippen LogP contribution in [0.3, 0.4) is 0 Å². The highest BCUT2D eigenvalue weighted by molar-refractivity contribution is 7.09. The number of aryl methyl sites for hydroxylation is 1. The van der Waals surface area contributed by atoms with Gasteiger partial charge in [0.1, 0.15) is 5.01 Å². The summed E-state index contributed by atoms with van der Waals surface area (Å²) in [5.41, 5.74) is 2.26. The van der Waals surface area contributed by atoms with Gasteiger partial charge in [0, 0.05) is 24.2 Å². The molecule has 0 bridgehead atoms. The van der Waals surface area contributed by atoms with Crippen LogP contribution in [0.4, 0.5) is 0 Å². The molecular weight excluding hydrogens is 320 g/mol. The zero-order chi connectivity index (χ0) is 16.6. The molecule has 0 aliphatic carbocycles. The Labute approximate surface area is 147 Å². The molecule has 5 nitrogen and oxygen atoms in total. The van der Waals surface area contributed by atoms with Crippen molar-refractivity contribution < 1.29 is 4.74 Å². The highest BCUT2D eigenvalue weighted by atomic mass is 32.1. The highest BCUT2D eigenvalue weighted by Crippen LogP contribution is 2.11. The fraction of sp³-hybridized carbons (Fsp3) is 0.444. The molecule has 0 unspecified atom stereocenters. The Kier molecular flexibility index (Phi) is 6.20. The van der Waals surface area contributed by atoms with Crippen LogP contribution in [0.5, 0.6) is 0 Å². The lowest BCUT2D eigenvalue weighted by atomic mass is 10.2. The molecule has 0 radical (unpaired) electrons. The zero-order valence-electron chi connectivity index (χ0n) is 14.0. The second-order valence-corrected chi connectivity index (χ2v) is 6.85. The number of rotatable bonds is 6. The SMILES string of the molecule is Cc1csc(CNC(=NCc2ccccc2)NC[C@H]2CCCO2)n1. The summed E-state index contributed by atoms with van der Waals surface area (Å²) in [6.07, 6.45) is 2.55. The summed E-state index contributed by atoms with van der Waals surface area (Å²) in [6.45, 7) is 5.01. The van der Waals surface area contributed by atoms with E-state index in [0.29, 0.717) is 13.1 Å². The van der Waals surface area contributed by atoms with Crippen molar-refractivity contribution in [3.05, 3.63) is 52.0 Å². The van der Waals surface area contributed by atoms with Gasteiger partial charge in [0.05, 0.1) is 19.2 Å². The molecule has 2 aromatic rings. The number of thiazole rings is 1. The van der Waals surface area contributed by atoms with Crippen molar-refractivity contribution in [2.24, 2.45) is 4.99 Å². The summed E-state index contributed by atoms with van der Waals surface area (Å²) >= 11 is 1.67. The maximum atomic E-state index is 5.68. The molecule has 1 aliphatic heterocycles. The van der Waals surface area contributed by atoms with Crippen molar-refractivity contribution in [3.63, 3.8) is 0 Å². The van der Waals surface area contributed by atoms with Crippen molar-refractivity contribution in [1.29, 1.82) is 0 Å². The minimum Gasteiger partial charge on any atom is -0.376 e. The van der Waals surface area contributed by atoms with Gasteiger partial charge in [-0.25, -0.2) is 9.98 Å². The van der Waals surface area contributed by atoms with Crippen LogP contribution < -0.4 is 10.6 Å². The van der Waals surface area contributed by atoms with Crippen molar-refractivity contribution in [1.82, 2.24) is 15.6 Å². The molecule has 1 fully saturated rings. The lowest BCUT2D eigenvalue weighted by Crippen LogP contribution is -2.40. The van der Waals surface area contributed by atoms with Crippen molar-refractivity contribution in [2.75, 3.05) is 13.2 Å². The van der Waals surface area contributed by atoms with E-state index in [4.69, 9.17) is 9.73 Å². The monoisotopic (exact) mass is 344 g/mol. The fourth-order valence-corrected chi connectivity index (χ4v) is 3.30. The Morgan fingerprint density at radius 1 is 1.33 bits per heavy atom. The molecule has 0 saturated carbocycles. The van der Waals surface area contributed by atoms with Crippen LogP contribution in [-0.4, -0.2) is 30.2 Å². The molecule has 1 saturated heterocycles. The first-order valence-corrected chi connectivity index (χ1v) is 9.26. The van der Waals surface area contributed by atoms with Crippen LogP contribution in [0.2, 0.25) is 0 Å². The van der Waals surface area contributed by atoms with E-state index in [1.807, 2.05) is 25.1 Å². The van der Waals surface area contributed by atoms with Gasteiger partial charge in [-0.3, -0.25) is 0 Å². The van der Waals surface area contributed by atoms with Gasteiger partial charge in [0.2, 0.25) is 0 Å². The third-order valence-corrected chi connectivity index (χ3v) is 4.82. The van der Waals surface area contributed by atoms with Crippen LogP contribution in [-0.2, 0) is 17.8 Å². The van der Waals surface area contributed by atoms with Gasteiger partial charge in [-0.1, -0.05) is 30.3 Å². The van der Waals surface area contributed by atoms with E-state index < -0.39 is 0 Å². The number of ether oxygens (including phenoxy) is 1. The number of guanidine groups is 1. The summed E-state index contributed by atoms with van der Waals surface area (Å²) in [7, 11) is 0. The molecule has 1 atom stereocenters. The van der Waals surface area contributed by atoms with E-state index in [2.05, 4.69) is 33.1 Å². The lowest BCUT2D eigenvalue weighted by molar-refractivity contribution is 0.114. The number of nitrogens with zero attached hydrogens (tertiary/aromatic N) is 2. The predicted octanol–water partition coefficient (Wildman–Crippen LogP) is 2.87. The number of nitrogens with one attached hydrogen (secondary N) is 2. The first-order valence-electron chi connectivity index (χ1n) is 8.38. The van der Waals surface area contributed by atoms with E-state index in [1.165, 1.54) is 5.56 Å². The minimum absolute atomic E-state index is 0.288. The third kappa shape index (κ3) is 5.32. The normalized spacial score (nSPS) is 17.9. The van der Waals surface area contributed by atoms with Crippen LogP contribution in [0.15, 0.2) is 40.7 Å². The Hall–Kier alpha value is -1.92. The van der Waals surface area contributed by atoms with Crippen molar-refractivity contribution >= 4 is 17.3 Å². The topological polar surface area (TPSA) is 58.5 Å². The first kappa shape index (κ1) is 16.9. The zero-order valence-corrected chi connectivity index (χ0v) is 14.8. The molecular formula is C18H24N4OS. The lowest BCUT2D eigenvalue weighted by Gasteiger charge is -2.15. The molecule has 1 aromatic heterocycles. The Morgan fingerprint density at radius 2 is 2.21 bits per heavy atom. The van der Waals surface area contributed by atoms with E-state index in [-0.39, 0.29) is 6.10 Å². The van der Waals surface area contributed by atoms with Gasteiger partial charge in [-0.2, -0.15) is 0 Å². The van der Waals surface area contributed by atoms with Crippen molar-refractivity contribution in [2.45, 2.75) is 39.0 Å². The average molecular weight is 344 g/mol. The van der Waals surface area contributed by atoms with E-state index in [0.717, 1.165) is 42.7 Å². The summed E-state index contributed by atoms with van der Waals surface area (Å²) < 4.78 is 5.68. The number of aliphatic imine (C=N–C) groups is 1. The number of hydrogen-bond acceptors (Lipinski definition) is 4. The predicted molar refractivity (Wildman–Crippen MR) is 98.2 cm³/mol. The van der Waals surface area contributed by atoms with Crippen molar-refractivity contribution in [3.8, 4) is 0 Å². The average Bonchev–Trinajstić information content (AvgIpc) is 3.27. The van der Waals surface area contributed by atoms with Gasteiger partial charge in [-0.05, 0) is 25.3 Å². The Bertz CT molecular complexity index is 650. The highest BCUT2D eigenvalue weighted by Gasteiger charge is 2.15. The fourth-order valence-electron chi connectivity index (χ4n) is 2.59. The second-order valence-electron chi connectivity index (χ2n) is 5.90. The Balaban J connectivity index is 1.58.